The SMILES string of the molecule is CCC(C)CCCCCCCCCCCCCCCCCCCCC(=O)O[C@H](COC(=O)CCCCCCCCCCCCCCCCC(C)CC)COC(=O)CCCCCCCCCC(C)C. The van der Waals surface area contributed by atoms with Crippen LogP contribution in [-0.4, -0.2) is 37.2 Å². The molecule has 404 valence electrons. The van der Waals surface area contributed by atoms with E-state index in [2.05, 4.69) is 41.5 Å². The number of hydrogen-bond acceptors (Lipinski definition) is 6. The molecule has 0 fully saturated rings. The Labute approximate surface area is 425 Å². The van der Waals surface area contributed by atoms with Crippen LogP contribution in [0.4, 0.5) is 0 Å². The normalized spacial score (nSPS) is 12.9. The van der Waals surface area contributed by atoms with E-state index >= 15 is 0 Å². The molecule has 0 aromatic heterocycles. The Morgan fingerprint density at radius 3 is 0.765 bits per heavy atom. The largest absolute Gasteiger partial charge is 0.462 e. The summed E-state index contributed by atoms with van der Waals surface area (Å²) in [7, 11) is 0. The summed E-state index contributed by atoms with van der Waals surface area (Å²) >= 11 is 0. The van der Waals surface area contributed by atoms with Crippen molar-refractivity contribution >= 4 is 17.9 Å². The van der Waals surface area contributed by atoms with Crippen LogP contribution in [0.3, 0.4) is 0 Å². The maximum absolute atomic E-state index is 12.9. The average molecular weight is 962 g/mol. The van der Waals surface area contributed by atoms with Crippen molar-refractivity contribution in [3.8, 4) is 0 Å². The van der Waals surface area contributed by atoms with Gasteiger partial charge in [-0.1, -0.05) is 305 Å². The Morgan fingerprint density at radius 1 is 0.294 bits per heavy atom. The lowest BCUT2D eigenvalue weighted by Gasteiger charge is -2.18. The summed E-state index contributed by atoms with van der Waals surface area (Å²) < 4.78 is 16.9. The second kappa shape index (κ2) is 53.2. The Kier molecular flexibility index (Phi) is 52.0. The highest BCUT2D eigenvalue weighted by Crippen LogP contribution is 2.19. The molecule has 3 atom stereocenters. The van der Waals surface area contributed by atoms with E-state index in [1.807, 2.05) is 0 Å². The van der Waals surface area contributed by atoms with Crippen LogP contribution in [0.25, 0.3) is 0 Å². The predicted octanol–water partition coefficient (Wildman–Crippen LogP) is 20.3. The molecule has 0 bridgehead atoms. The van der Waals surface area contributed by atoms with Crippen molar-refractivity contribution in [2.45, 2.75) is 349 Å². The van der Waals surface area contributed by atoms with E-state index in [1.165, 1.54) is 225 Å². The minimum atomic E-state index is -0.764. The number of rotatable bonds is 55. The van der Waals surface area contributed by atoms with Gasteiger partial charge in [0.05, 0.1) is 0 Å². The van der Waals surface area contributed by atoms with Gasteiger partial charge >= 0.3 is 17.9 Å². The van der Waals surface area contributed by atoms with Gasteiger partial charge < -0.3 is 14.2 Å². The Balaban J connectivity index is 4.21. The number of carbonyl (C=O) groups is 3. The van der Waals surface area contributed by atoms with E-state index in [9.17, 15) is 14.4 Å². The molecule has 0 aliphatic rings. The van der Waals surface area contributed by atoms with Crippen molar-refractivity contribution < 1.29 is 28.6 Å². The number of ether oxygens (including phenoxy) is 3. The van der Waals surface area contributed by atoms with Gasteiger partial charge in [-0.05, 0) is 37.0 Å². The molecule has 6 heteroatoms. The lowest BCUT2D eigenvalue weighted by atomic mass is 9.99. The maximum Gasteiger partial charge on any atom is 0.306 e. The fourth-order valence-corrected chi connectivity index (χ4v) is 9.47. The molecule has 0 saturated carbocycles. The summed E-state index contributed by atoms with van der Waals surface area (Å²) in [6.07, 6.45) is 56.7. The van der Waals surface area contributed by atoms with Gasteiger partial charge in [0, 0.05) is 19.3 Å². The van der Waals surface area contributed by atoms with Crippen LogP contribution in [0.15, 0.2) is 0 Å². The summed E-state index contributed by atoms with van der Waals surface area (Å²) in [4.78, 5) is 38.2. The molecule has 0 rings (SSSR count). The fraction of sp³-hybridized carbons (Fsp3) is 0.952. The smallest absolute Gasteiger partial charge is 0.306 e. The highest BCUT2D eigenvalue weighted by molar-refractivity contribution is 5.71. The first-order chi connectivity index (χ1) is 33.2. The molecule has 0 spiro atoms. The van der Waals surface area contributed by atoms with Crippen LogP contribution >= 0.6 is 0 Å². The molecule has 0 heterocycles. The van der Waals surface area contributed by atoms with Crippen molar-refractivity contribution in [3.05, 3.63) is 0 Å². The van der Waals surface area contributed by atoms with E-state index in [0.717, 1.165) is 75.5 Å². The van der Waals surface area contributed by atoms with Crippen molar-refractivity contribution in [2.24, 2.45) is 17.8 Å². The molecule has 2 unspecified atom stereocenters. The van der Waals surface area contributed by atoms with Crippen LogP contribution in [0.5, 0.6) is 0 Å². The van der Waals surface area contributed by atoms with Crippen LogP contribution < -0.4 is 0 Å². The lowest BCUT2D eigenvalue weighted by molar-refractivity contribution is -0.167. The zero-order valence-corrected chi connectivity index (χ0v) is 46.9. The van der Waals surface area contributed by atoms with Gasteiger partial charge in [-0.2, -0.15) is 0 Å². The van der Waals surface area contributed by atoms with Crippen LogP contribution in [-0.2, 0) is 28.6 Å². The summed E-state index contributed by atoms with van der Waals surface area (Å²) in [5.74, 6) is 1.74. The molecular formula is C62H120O6. The molecule has 0 N–H and O–H groups in total. The third kappa shape index (κ3) is 52.2. The zero-order valence-electron chi connectivity index (χ0n) is 46.9. The van der Waals surface area contributed by atoms with Gasteiger partial charge in [0.25, 0.3) is 0 Å². The zero-order chi connectivity index (χ0) is 49.8. The quantitative estimate of drug-likeness (QED) is 0.0343. The predicted molar refractivity (Wildman–Crippen MR) is 293 cm³/mol. The van der Waals surface area contributed by atoms with Gasteiger partial charge in [-0.3, -0.25) is 14.4 Å². The summed E-state index contributed by atoms with van der Waals surface area (Å²) in [6, 6.07) is 0. The molecule has 0 radical (unpaired) electrons. The molecule has 0 aromatic rings. The summed E-state index contributed by atoms with van der Waals surface area (Å²) in [5.41, 5.74) is 0. The molecular weight excluding hydrogens is 841 g/mol. The van der Waals surface area contributed by atoms with Gasteiger partial charge in [0.15, 0.2) is 6.10 Å². The third-order valence-corrected chi connectivity index (χ3v) is 14.9. The second-order valence-corrected chi connectivity index (χ2v) is 22.3. The minimum absolute atomic E-state index is 0.0638. The number of carbonyl (C=O) groups excluding carboxylic acids is 3. The topological polar surface area (TPSA) is 78.9 Å². The van der Waals surface area contributed by atoms with Crippen molar-refractivity contribution in [1.29, 1.82) is 0 Å². The van der Waals surface area contributed by atoms with Crippen LogP contribution in [0.2, 0.25) is 0 Å². The van der Waals surface area contributed by atoms with Gasteiger partial charge in [0.2, 0.25) is 0 Å². The average Bonchev–Trinajstić information content (AvgIpc) is 3.33. The number of unbranched alkanes of at least 4 members (excludes halogenated alkanes) is 36. The maximum atomic E-state index is 12.9. The molecule has 0 aliphatic heterocycles. The lowest BCUT2D eigenvalue weighted by Crippen LogP contribution is -2.30. The van der Waals surface area contributed by atoms with E-state index in [0.29, 0.717) is 19.3 Å². The van der Waals surface area contributed by atoms with Gasteiger partial charge in [-0.15, -0.1) is 0 Å². The molecule has 0 aromatic carbocycles. The van der Waals surface area contributed by atoms with Crippen molar-refractivity contribution in [2.75, 3.05) is 13.2 Å². The van der Waals surface area contributed by atoms with E-state index in [4.69, 9.17) is 14.2 Å². The highest BCUT2D eigenvalue weighted by atomic mass is 16.6. The third-order valence-electron chi connectivity index (χ3n) is 14.9. The van der Waals surface area contributed by atoms with Gasteiger partial charge in [-0.25, -0.2) is 0 Å². The van der Waals surface area contributed by atoms with Crippen molar-refractivity contribution in [3.63, 3.8) is 0 Å². The number of hydrogen-bond donors (Lipinski definition) is 0. The molecule has 68 heavy (non-hydrogen) atoms. The Bertz CT molecular complexity index is 1060. The van der Waals surface area contributed by atoms with E-state index in [-0.39, 0.29) is 31.1 Å². The molecule has 0 saturated heterocycles. The molecule has 6 nitrogen and oxygen atoms in total. The highest BCUT2D eigenvalue weighted by Gasteiger charge is 2.19. The fourth-order valence-electron chi connectivity index (χ4n) is 9.47. The first-order valence-electron chi connectivity index (χ1n) is 30.7. The van der Waals surface area contributed by atoms with Crippen molar-refractivity contribution in [1.82, 2.24) is 0 Å². The first kappa shape index (κ1) is 66.4. The minimum Gasteiger partial charge on any atom is -0.462 e. The van der Waals surface area contributed by atoms with Gasteiger partial charge in [0.1, 0.15) is 13.2 Å². The summed E-state index contributed by atoms with van der Waals surface area (Å²) in [6.45, 7) is 13.8. The number of esters is 3. The Hall–Kier alpha value is -1.59. The second-order valence-electron chi connectivity index (χ2n) is 22.3. The van der Waals surface area contributed by atoms with E-state index < -0.39 is 6.10 Å². The monoisotopic (exact) mass is 961 g/mol. The Morgan fingerprint density at radius 2 is 0.515 bits per heavy atom. The first-order valence-corrected chi connectivity index (χ1v) is 30.7. The van der Waals surface area contributed by atoms with Crippen LogP contribution in [0.1, 0.15) is 343 Å². The van der Waals surface area contributed by atoms with E-state index in [1.54, 1.807) is 0 Å². The molecule has 0 amide bonds. The van der Waals surface area contributed by atoms with Crippen LogP contribution in [0, 0.1) is 17.8 Å². The summed E-state index contributed by atoms with van der Waals surface area (Å²) in [5, 5.41) is 0. The molecule has 0 aliphatic carbocycles. The standard InChI is InChI=1S/C62H120O6/c1-7-57(5)49-43-37-31-25-21-17-13-11-9-10-12-14-20-24-28-34-41-47-53-62(65)68-59(55-67-61(64)52-46-40-35-29-30-36-42-48-56(3)4)54-66-60(63)51-45-39-33-27-23-19-16-15-18-22-26-32-38-44-50-58(6)8-2/h56-59H,7-55H2,1-6H3/t57?,58?,59-/m1/s1.